The minimum absolute atomic E-state index is 0.102. The van der Waals surface area contributed by atoms with Gasteiger partial charge in [-0.1, -0.05) is 0 Å². The van der Waals surface area contributed by atoms with E-state index in [1.165, 1.54) is 0 Å². The summed E-state index contributed by atoms with van der Waals surface area (Å²) in [5.74, 6) is -1.26. The van der Waals surface area contributed by atoms with Crippen LogP contribution >= 0.6 is 0 Å². The van der Waals surface area contributed by atoms with Gasteiger partial charge >= 0.3 is 12.2 Å². The number of benzene rings is 1. The van der Waals surface area contributed by atoms with E-state index in [0.717, 1.165) is 12.1 Å². The molecule has 0 saturated heterocycles. The van der Waals surface area contributed by atoms with Crippen LogP contribution in [0.15, 0.2) is 23.2 Å². The second-order valence-electron chi connectivity index (χ2n) is 3.69. The molecule has 1 atom stereocenters. The van der Waals surface area contributed by atoms with Crippen molar-refractivity contribution in [2.24, 2.45) is 10.7 Å². The van der Waals surface area contributed by atoms with Crippen LogP contribution in [0.5, 0.6) is 0 Å². The number of amidine groups is 1. The molecule has 3 N–H and O–H groups in total. The van der Waals surface area contributed by atoms with Gasteiger partial charge < -0.3 is 11.1 Å². The predicted molar refractivity (Wildman–Crippen MR) is 54.3 cm³/mol. The molecule has 1 aliphatic heterocycles. The average molecular weight is 261 g/mol. The molecule has 8 heteroatoms. The molecule has 0 spiro atoms. The fraction of sp³-hybridized carbons (Fsp3) is 0.200. The van der Waals surface area contributed by atoms with E-state index in [1.54, 1.807) is 0 Å². The molecule has 96 valence electrons. The number of hydrogen-bond acceptors (Lipinski definition) is 2. The zero-order valence-electron chi connectivity index (χ0n) is 8.75. The summed E-state index contributed by atoms with van der Waals surface area (Å²) in [6.07, 6.45) is -4.68. The first-order chi connectivity index (χ1) is 8.27. The van der Waals surface area contributed by atoms with Gasteiger partial charge in [0, 0.05) is 0 Å². The second-order valence-corrected chi connectivity index (χ2v) is 3.69. The first-order valence-electron chi connectivity index (χ1n) is 4.79. The number of halogens is 4. The van der Waals surface area contributed by atoms with Gasteiger partial charge in [-0.15, -0.1) is 0 Å². The third-order valence-corrected chi connectivity index (χ3v) is 2.37. The summed E-state index contributed by atoms with van der Waals surface area (Å²) in [7, 11) is 0. The van der Waals surface area contributed by atoms with E-state index in [-0.39, 0.29) is 11.4 Å². The highest BCUT2D eigenvalue weighted by atomic mass is 19.4. The third-order valence-electron chi connectivity index (χ3n) is 2.37. The van der Waals surface area contributed by atoms with Gasteiger partial charge in [-0.25, -0.2) is 9.18 Å². The summed E-state index contributed by atoms with van der Waals surface area (Å²) >= 11 is 0. The number of rotatable bonds is 1. The number of nitrogens with two attached hydrogens (primary N) is 1. The third kappa shape index (κ3) is 2.27. The minimum atomic E-state index is -4.68. The summed E-state index contributed by atoms with van der Waals surface area (Å²) in [5.41, 5.74) is 4.12. The van der Waals surface area contributed by atoms with Crippen LogP contribution in [0, 0.1) is 5.82 Å². The summed E-state index contributed by atoms with van der Waals surface area (Å²) in [6.45, 7) is 0. The Morgan fingerprint density at radius 3 is 2.44 bits per heavy atom. The van der Waals surface area contributed by atoms with Crippen LogP contribution in [0.1, 0.15) is 17.2 Å². The standard InChI is InChI=1S/C10H7F4N3O/c11-6-2-4(1-5(3-6)10(12,13)14)7-8(15)17-9(18)16-7/h1-3,7H,(H3,15,16,17,18). The van der Waals surface area contributed by atoms with Crippen LogP contribution in [0.25, 0.3) is 0 Å². The SMILES string of the molecule is NC1=NC(=O)NC1c1cc(F)cc(C(F)(F)F)c1. The van der Waals surface area contributed by atoms with Crippen LogP contribution in [0.4, 0.5) is 22.4 Å². The first-order valence-corrected chi connectivity index (χ1v) is 4.79. The van der Waals surface area contributed by atoms with Gasteiger partial charge in [0.15, 0.2) is 0 Å². The van der Waals surface area contributed by atoms with Crippen molar-refractivity contribution in [1.29, 1.82) is 0 Å². The lowest BCUT2D eigenvalue weighted by Gasteiger charge is -2.14. The zero-order chi connectivity index (χ0) is 13.5. The molecule has 1 aromatic carbocycles. The topological polar surface area (TPSA) is 67.5 Å². The molecule has 1 aromatic rings. The Bertz CT molecular complexity index is 538. The molecule has 0 aromatic heterocycles. The molecule has 1 unspecified atom stereocenters. The van der Waals surface area contributed by atoms with Crippen LogP contribution in [-0.4, -0.2) is 11.9 Å². The van der Waals surface area contributed by atoms with E-state index in [9.17, 15) is 22.4 Å². The van der Waals surface area contributed by atoms with Crippen molar-refractivity contribution >= 4 is 11.9 Å². The van der Waals surface area contributed by atoms with Crippen molar-refractivity contribution in [3.8, 4) is 0 Å². The maximum absolute atomic E-state index is 13.1. The van der Waals surface area contributed by atoms with Crippen molar-refractivity contribution in [1.82, 2.24) is 5.32 Å². The van der Waals surface area contributed by atoms with Crippen molar-refractivity contribution in [2.45, 2.75) is 12.2 Å². The van der Waals surface area contributed by atoms with Crippen molar-refractivity contribution < 1.29 is 22.4 Å². The molecule has 0 bridgehead atoms. The molecular formula is C10H7F4N3O. The molecule has 1 heterocycles. The van der Waals surface area contributed by atoms with E-state index in [2.05, 4.69) is 10.3 Å². The highest BCUT2D eigenvalue weighted by Crippen LogP contribution is 2.32. The van der Waals surface area contributed by atoms with Crippen molar-refractivity contribution in [2.75, 3.05) is 0 Å². The van der Waals surface area contributed by atoms with E-state index < -0.39 is 29.6 Å². The fourth-order valence-electron chi connectivity index (χ4n) is 1.61. The number of nitrogens with one attached hydrogen (secondary N) is 1. The largest absolute Gasteiger partial charge is 0.416 e. The Morgan fingerprint density at radius 2 is 1.94 bits per heavy atom. The number of nitrogens with zero attached hydrogens (tertiary/aromatic N) is 1. The number of aliphatic imine (C=N–C) groups is 1. The molecule has 1 aliphatic rings. The van der Waals surface area contributed by atoms with E-state index >= 15 is 0 Å². The smallest absolute Gasteiger partial charge is 0.385 e. The Labute approximate surface area is 98.5 Å². The molecule has 0 radical (unpaired) electrons. The quantitative estimate of drug-likeness (QED) is 0.759. The number of urea groups is 1. The molecule has 0 saturated carbocycles. The molecule has 4 nitrogen and oxygen atoms in total. The molecule has 2 amide bonds. The van der Waals surface area contributed by atoms with Crippen molar-refractivity contribution in [3.05, 3.63) is 35.1 Å². The number of amides is 2. The first kappa shape index (κ1) is 12.3. The van der Waals surface area contributed by atoms with Crippen LogP contribution in [-0.2, 0) is 6.18 Å². The number of alkyl halides is 3. The highest BCUT2D eigenvalue weighted by Gasteiger charge is 2.33. The predicted octanol–water partition coefficient (Wildman–Crippen LogP) is 1.97. The van der Waals surface area contributed by atoms with Crippen LogP contribution in [0.2, 0.25) is 0 Å². The normalized spacial score (nSPS) is 19.7. The fourth-order valence-corrected chi connectivity index (χ4v) is 1.61. The summed E-state index contributed by atoms with van der Waals surface area (Å²) in [6, 6.07) is 0.160. The van der Waals surface area contributed by atoms with E-state index in [4.69, 9.17) is 5.73 Å². The van der Waals surface area contributed by atoms with Gasteiger partial charge in [-0.05, 0) is 23.8 Å². The zero-order valence-corrected chi connectivity index (χ0v) is 8.75. The highest BCUT2D eigenvalue weighted by molar-refractivity contribution is 6.03. The Balaban J connectivity index is 2.44. The number of carbonyl (C=O) groups is 1. The van der Waals surface area contributed by atoms with Gasteiger partial charge in [-0.3, -0.25) is 0 Å². The molecule has 2 rings (SSSR count). The summed E-state index contributed by atoms with van der Waals surface area (Å²) in [5, 5.41) is 2.22. The molecular weight excluding hydrogens is 254 g/mol. The maximum Gasteiger partial charge on any atom is 0.416 e. The molecule has 18 heavy (non-hydrogen) atoms. The summed E-state index contributed by atoms with van der Waals surface area (Å²) < 4.78 is 50.6. The van der Waals surface area contributed by atoms with Crippen molar-refractivity contribution in [3.63, 3.8) is 0 Å². The Kier molecular flexibility index (Phi) is 2.72. The van der Waals surface area contributed by atoms with E-state index in [1.807, 2.05) is 0 Å². The van der Waals surface area contributed by atoms with E-state index in [0.29, 0.717) is 6.07 Å². The monoisotopic (exact) mass is 261 g/mol. The Morgan fingerprint density at radius 1 is 1.28 bits per heavy atom. The maximum atomic E-state index is 13.1. The minimum Gasteiger partial charge on any atom is -0.385 e. The van der Waals surface area contributed by atoms with Gasteiger partial charge in [0.2, 0.25) is 0 Å². The Hall–Kier alpha value is -2.12. The van der Waals surface area contributed by atoms with Crippen LogP contribution < -0.4 is 11.1 Å². The summed E-state index contributed by atoms with van der Waals surface area (Å²) in [4.78, 5) is 14.2. The second kappa shape index (κ2) is 3.97. The molecule has 0 aliphatic carbocycles. The number of carbonyl (C=O) groups excluding carboxylic acids is 1. The average Bonchev–Trinajstić information content (AvgIpc) is 2.55. The van der Waals surface area contributed by atoms with Gasteiger partial charge in [0.05, 0.1) is 5.56 Å². The number of hydrogen-bond donors (Lipinski definition) is 2. The molecule has 0 fully saturated rings. The lowest BCUT2D eigenvalue weighted by Crippen LogP contribution is -2.28. The van der Waals surface area contributed by atoms with Gasteiger partial charge in [0.25, 0.3) is 0 Å². The van der Waals surface area contributed by atoms with Gasteiger partial charge in [-0.2, -0.15) is 18.2 Å². The van der Waals surface area contributed by atoms with Gasteiger partial charge in [0.1, 0.15) is 17.7 Å². The van der Waals surface area contributed by atoms with Crippen LogP contribution in [0.3, 0.4) is 0 Å². The lowest BCUT2D eigenvalue weighted by molar-refractivity contribution is -0.137. The lowest BCUT2D eigenvalue weighted by atomic mass is 10.0.